The van der Waals surface area contributed by atoms with Crippen molar-refractivity contribution in [2.75, 3.05) is 71.0 Å². The minimum absolute atomic E-state index is 0.0308. The van der Waals surface area contributed by atoms with Gasteiger partial charge >= 0.3 is 6.09 Å². The van der Waals surface area contributed by atoms with Gasteiger partial charge in [-0.3, -0.25) is 14.6 Å². The summed E-state index contributed by atoms with van der Waals surface area (Å²) in [6, 6.07) is 8.06. The third-order valence-corrected chi connectivity index (χ3v) is 5.50. The van der Waals surface area contributed by atoms with E-state index >= 15 is 0 Å². The molecule has 2 heterocycles. The van der Waals surface area contributed by atoms with Crippen LogP contribution in [0.2, 0.25) is 0 Å². The van der Waals surface area contributed by atoms with E-state index in [2.05, 4.69) is 27.2 Å². The molecule has 1 N–H and O–H groups in total. The van der Waals surface area contributed by atoms with Crippen molar-refractivity contribution in [3.8, 4) is 0 Å². The van der Waals surface area contributed by atoms with Crippen molar-refractivity contribution in [1.29, 1.82) is 0 Å². The molecule has 0 bridgehead atoms. The third-order valence-electron chi connectivity index (χ3n) is 5.50. The van der Waals surface area contributed by atoms with Crippen LogP contribution in [0.25, 0.3) is 0 Å². The molecule has 8 heteroatoms. The fraction of sp³-hybridized carbons (Fsp3) is 0.652. The minimum atomic E-state index is -0.253. The molecule has 0 unspecified atom stereocenters. The maximum Gasteiger partial charge on any atom is 0.409 e. The highest BCUT2D eigenvalue weighted by Gasteiger charge is 2.21. The highest BCUT2D eigenvalue weighted by molar-refractivity contribution is 5.92. The van der Waals surface area contributed by atoms with Gasteiger partial charge in [-0.2, -0.15) is 0 Å². The smallest absolute Gasteiger partial charge is 0.409 e. The van der Waals surface area contributed by atoms with Gasteiger partial charge < -0.3 is 19.7 Å². The van der Waals surface area contributed by atoms with Crippen LogP contribution in [-0.2, 0) is 20.8 Å². The zero-order valence-electron chi connectivity index (χ0n) is 18.8. The lowest BCUT2D eigenvalue weighted by molar-refractivity contribution is -0.117. The quantitative estimate of drug-likeness (QED) is 0.713. The molecule has 3 rings (SSSR count). The van der Waals surface area contributed by atoms with Crippen LogP contribution < -0.4 is 5.32 Å². The molecule has 2 saturated heterocycles. The van der Waals surface area contributed by atoms with Gasteiger partial charge in [0.25, 0.3) is 0 Å². The summed E-state index contributed by atoms with van der Waals surface area (Å²) in [6.07, 6.45) is 0.581. The minimum Gasteiger partial charge on any atom is -0.449 e. The van der Waals surface area contributed by atoms with Crippen LogP contribution in [0, 0.1) is 5.92 Å². The van der Waals surface area contributed by atoms with E-state index in [0.717, 1.165) is 51.5 Å². The Labute approximate surface area is 185 Å². The molecule has 2 fully saturated rings. The Morgan fingerprint density at radius 1 is 1.00 bits per heavy atom. The summed E-state index contributed by atoms with van der Waals surface area (Å²) in [5, 5.41) is 2.99. The number of anilines is 1. The van der Waals surface area contributed by atoms with Gasteiger partial charge in [-0.15, -0.1) is 0 Å². The predicted molar refractivity (Wildman–Crippen MR) is 120 cm³/mol. The zero-order chi connectivity index (χ0) is 22.1. The Hall–Kier alpha value is -2.16. The van der Waals surface area contributed by atoms with E-state index in [0.29, 0.717) is 38.7 Å². The first-order chi connectivity index (χ1) is 15.0. The summed E-state index contributed by atoms with van der Waals surface area (Å²) < 4.78 is 10.7. The first-order valence-electron chi connectivity index (χ1n) is 11.3. The molecular weight excluding hydrogens is 396 g/mol. The molecule has 0 saturated carbocycles. The fourth-order valence-electron chi connectivity index (χ4n) is 3.76. The molecule has 0 spiro atoms. The van der Waals surface area contributed by atoms with Crippen molar-refractivity contribution in [1.82, 2.24) is 14.7 Å². The SMILES string of the molecule is CC(C)COC(=O)N1CCCN(CC(=O)Nc2ccc(CN3CCOCC3)cc2)CC1. The number of benzene rings is 1. The lowest BCUT2D eigenvalue weighted by Gasteiger charge is -2.26. The standard InChI is InChI=1S/C23H36N4O4/c1-19(2)18-31-23(29)27-9-3-8-25(10-11-27)17-22(28)24-21-6-4-20(5-7-21)16-26-12-14-30-15-13-26/h4-7,19H,3,8-18H2,1-2H3,(H,24,28). The topological polar surface area (TPSA) is 74.4 Å². The summed E-state index contributed by atoms with van der Waals surface area (Å²) >= 11 is 0. The molecule has 8 nitrogen and oxygen atoms in total. The van der Waals surface area contributed by atoms with Gasteiger partial charge in [0.05, 0.1) is 26.4 Å². The van der Waals surface area contributed by atoms with Crippen LogP contribution >= 0.6 is 0 Å². The van der Waals surface area contributed by atoms with E-state index in [1.165, 1.54) is 5.56 Å². The van der Waals surface area contributed by atoms with E-state index in [9.17, 15) is 9.59 Å². The lowest BCUT2D eigenvalue weighted by Crippen LogP contribution is -2.38. The van der Waals surface area contributed by atoms with E-state index in [1.807, 2.05) is 26.0 Å². The van der Waals surface area contributed by atoms with Crippen molar-refractivity contribution < 1.29 is 19.1 Å². The summed E-state index contributed by atoms with van der Waals surface area (Å²) in [4.78, 5) is 30.9. The van der Waals surface area contributed by atoms with Crippen molar-refractivity contribution >= 4 is 17.7 Å². The maximum absolute atomic E-state index is 12.5. The Bertz CT molecular complexity index is 704. The van der Waals surface area contributed by atoms with Crippen LogP contribution in [0.5, 0.6) is 0 Å². The van der Waals surface area contributed by atoms with Gasteiger partial charge in [-0.05, 0) is 30.0 Å². The second kappa shape index (κ2) is 12.0. The molecule has 2 aliphatic heterocycles. The van der Waals surface area contributed by atoms with Crippen LogP contribution in [-0.4, -0.2) is 92.3 Å². The number of rotatable bonds is 7. The van der Waals surface area contributed by atoms with Crippen LogP contribution in [0.3, 0.4) is 0 Å². The Morgan fingerprint density at radius 2 is 1.74 bits per heavy atom. The molecule has 1 aromatic carbocycles. The van der Waals surface area contributed by atoms with E-state index in [4.69, 9.17) is 9.47 Å². The Morgan fingerprint density at radius 3 is 2.45 bits per heavy atom. The number of carbonyl (C=O) groups is 2. The predicted octanol–water partition coefficient (Wildman–Crippen LogP) is 2.26. The Balaban J connectivity index is 1.40. The van der Waals surface area contributed by atoms with Crippen molar-refractivity contribution in [2.24, 2.45) is 5.92 Å². The van der Waals surface area contributed by atoms with Gasteiger partial charge in [0.2, 0.25) is 5.91 Å². The molecule has 1 aromatic rings. The fourth-order valence-corrected chi connectivity index (χ4v) is 3.76. The molecule has 0 aromatic heterocycles. The second-order valence-electron chi connectivity index (χ2n) is 8.72. The third kappa shape index (κ3) is 8.12. The summed E-state index contributed by atoms with van der Waals surface area (Å²) in [7, 11) is 0. The molecule has 0 aliphatic carbocycles. The average molecular weight is 433 g/mol. The number of nitrogens with one attached hydrogen (secondary N) is 1. The van der Waals surface area contributed by atoms with Crippen molar-refractivity contribution in [3.63, 3.8) is 0 Å². The van der Waals surface area contributed by atoms with Gasteiger partial charge in [0, 0.05) is 51.5 Å². The highest BCUT2D eigenvalue weighted by atomic mass is 16.6. The monoisotopic (exact) mass is 432 g/mol. The van der Waals surface area contributed by atoms with E-state index in [1.54, 1.807) is 4.90 Å². The first-order valence-corrected chi connectivity index (χ1v) is 11.3. The number of hydrogen-bond acceptors (Lipinski definition) is 6. The van der Waals surface area contributed by atoms with Crippen molar-refractivity contribution in [3.05, 3.63) is 29.8 Å². The van der Waals surface area contributed by atoms with Gasteiger partial charge in [-0.1, -0.05) is 26.0 Å². The van der Waals surface area contributed by atoms with Crippen molar-refractivity contribution in [2.45, 2.75) is 26.8 Å². The largest absolute Gasteiger partial charge is 0.449 e. The number of carbonyl (C=O) groups excluding carboxylic acids is 2. The number of nitrogens with zero attached hydrogens (tertiary/aromatic N) is 3. The lowest BCUT2D eigenvalue weighted by atomic mass is 10.2. The highest BCUT2D eigenvalue weighted by Crippen LogP contribution is 2.13. The molecule has 2 aliphatic rings. The van der Waals surface area contributed by atoms with Gasteiger partial charge in [0.1, 0.15) is 0 Å². The zero-order valence-corrected chi connectivity index (χ0v) is 18.8. The first kappa shape index (κ1) is 23.5. The van der Waals surface area contributed by atoms with Crippen LogP contribution in [0.4, 0.5) is 10.5 Å². The molecule has 31 heavy (non-hydrogen) atoms. The molecule has 0 radical (unpaired) electrons. The van der Waals surface area contributed by atoms with Crippen LogP contribution in [0.15, 0.2) is 24.3 Å². The van der Waals surface area contributed by atoms with E-state index < -0.39 is 0 Å². The number of morpholine rings is 1. The number of hydrogen-bond donors (Lipinski definition) is 1. The van der Waals surface area contributed by atoms with E-state index in [-0.39, 0.29) is 12.0 Å². The normalized spacial score (nSPS) is 18.6. The van der Waals surface area contributed by atoms with Crippen LogP contribution in [0.1, 0.15) is 25.8 Å². The van der Waals surface area contributed by atoms with Gasteiger partial charge in [-0.25, -0.2) is 4.79 Å². The number of amides is 2. The molecule has 172 valence electrons. The maximum atomic E-state index is 12.5. The summed E-state index contributed by atoms with van der Waals surface area (Å²) in [5.41, 5.74) is 2.04. The summed E-state index contributed by atoms with van der Waals surface area (Å²) in [5.74, 6) is 0.293. The Kier molecular flexibility index (Phi) is 9.12. The molecule has 2 amide bonds. The molecular formula is C23H36N4O4. The molecule has 0 atom stereocenters. The average Bonchev–Trinajstić information content (AvgIpc) is 3.00. The number of ether oxygens (including phenoxy) is 2. The summed E-state index contributed by atoms with van der Waals surface area (Å²) in [6.45, 7) is 11.9. The van der Waals surface area contributed by atoms with Gasteiger partial charge in [0.15, 0.2) is 0 Å². The second-order valence-corrected chi connectivity index (χ2v) is 8.72.